The number of ether oxygens (including phenoxy) is 1. The van der Waals surface area contributed by atoms with Gasteiger partial charge in [0.25, 0.3) is 0 Å². The van der Waals surface area contributed by atoms with Crippen molar-refractivity contribution < 1.29 is 17.9 Å². The molecule has 0 amide bonds. The van der Waals surface area contributed by atoms with Crippen molar-refractivity contribution in [3.8, 4) is 0 Å². The van der Waals surface area contributed by atoms with Gasteiger partial charge in [0.2, 0.25) is 10.0 Å². The van der Waals surface area contributed by atoms with Gasteiger partial charge in [-0.15, -0.1) is 11.3 Å². The number of hydrogen-bond donors (Lipinski definition) is 1. The zero-order chi connectivity index (χ0) is 15.8. The highest BCUT2D eigenvalue weighted by Gasteiger charge is 2.36. The lowest BCUT2D eigenvalue weighted by molar-refractivity contribution is 0.0606. The maximum Gasteiger partial charge on any atom is 0.348 e. The fraction of sp³-hybridized carbons (Fsp3) is 0.583. The van der Waals surface area contributed by atoms with Gasteiger partial charge in [-0.3, -0.25) is 0 Å². The largest absolute Gasteiger partial charge is 0.465 e. The van der Waals surface area contributed by atoms with E-state index in [0.29, 0.717) is 16.9 Å². The number of nitrogens with two attached hydrogens (primary N) is 1. The summed E-state index contributed by atoms with van der Waals surface area (Å²) in [7, 11) is -2.36. The number of methoxy groups -OCH3 is 1. The molecule has 1 saturated heterocycles. The summed E-state index contributed by atoms with van der Waals surface area (Å²) >= 11 is 4.27. The van der Waals surface area contributed by atoms with E-state index in [1.807, 2.05) is 6.92 Å². The minimum absolute atomic E-state index is 0.0401. The van der Waals surface area contributed by atoms with Crippen LogP contribution in [-0.4, -0.2) is 44.9 Å². The Labute approximate surface area is 136 Å². The van der Waals surface area contributed by atoms with Crippen LogP contribution in [0, 0.1) is 5.92 Å². The van der Waals surface area contributed by atoms with Crippen molar-refractivity contribution in [1.82, 2.24) is 4.31 Å². The number of halogens is 1. The van der Waals surface area contributed by atoms with Gasteiger partial charge in [0.05, 0.1) is 10.9 Å². The molecular weight excluding hydrogens is 380 g/mol. The Bertz CT molecular complexity index is 642. The Morgan fingerprint density at radius 3 is 2.81 bits per heavy atom. The van der Waals surface area contributed by atoms with Crippen LogP contribution in [0.5, 0.6) is 0 Å². The van der Waals surface area contributed by atoms with E-state index in [2.05, 4.69) is 20.7 Å². The molecule has 2 rings (SSSR count). The second-order valence-corrected chi connectivity index (χ2v) is 9.29. The number of thiophene rings is 1. The lowest BCUT2D eigenvalue weighted by Gasteiger charge is -2.17. The van der Waals surface area contributed by atoms with Crippen LogP contribution in [0.4, 0.5) is 0 Å². The van der Waals surface area contributed by atoms with Gasteiger partial charge in [-0.25, -0.2) is 13.2 Å². The predicted molar refractivity (Wildman–Crippen MR) is 83.9 cm³/mol. The summed E-state index contributed by atoms with van der Waals surface area (Å²) < 4.78 is 31.8. The highest BCUT2D eigenvalue weighted by atomic mass is 79.9. The first-order valence-corrected chi connectivity index (χ1v) is 9.45. The van der Waals surface area contributed by atoms with E-state index < -0.39 is 16.0 Å². The molecule has 1 fully saturated rings. The van der Waals surface area contributed by atoms with E-state index in [9.17, 15) is 13.2 Å². The fourth-order valence-corrected chi connectivity index (χ4v) is 6.21. The number of rotatable bonds is 4. The lowest BCUT2D eigenvalue weighted by atomic mass is 10.0. The number of sulfonamides is 1. The van der Waals surface area contributed by atoms with Crippen molar-refractivity contribution in [2.75, 3.05) is 20.2 Å². The van der Waals surface area contributed by atoms with Crippen molar-refractivity contribution in [2.45, 2.75) is 24.3 Å². The molecule has 21 heavy (non-hydrogen) atoms. The Morgan fingerprint density at radius 1 is 1.62 bits per heavy atom. The molecule has 1 aromatic heterocycles. The Balaban J connectivity index is 2.29. The van der Waals surface area contributed by atoms with E-state index in [1.165, 1.54) is 17.5 Å². The lowest BCUT2D eigenvalue weighted by Crippen LogP contribution is -2.33. The molecule has 0 radical (unpaired) electrons. The Kier molecular flexibility index (Phi) is 5.09. The summed E-state index contributed by atoms with van der Waals surface area (Å²) in [5.74, 6) is -0.380. The standard InChI is InChI=1S/C12H17BrN2O4S2/c1-7(14)8-3-4-15(6-8)21(17,18)10-5-9(12(16)19-2)20-11(10)13/h5,7-8H,3-4,6,14H2,1-2H3. The molecule has 2 N–H and O–H groups in total. The third-order valence-corrected chi connectivity index (χ3v) is 7.69. The molecule has 6 nitrogen and oxygen atoms in total. The van der Waals surface area contributed by atoms with Crippen LogP contribution in [0.3, 0.4) is 0 Å². The minimum atomic E-state index is -3.62. The van der Waals surface area contributed by atoms with E-state index in [4.69, 9.17) is 5.73 Å². The Morgan fingerprint density at radius 2 is 2.29 bits per heavy atom. The van der Waals surface area contributed by atoms with Gasteiger partial charge in [-0.2, -0.15) is 4.31 Å². The van der Waals surface area contributed by atoms with Crippen LogP contribution >= 0.6 is 27.3 Å². The third-order valence-electron chi connectivity index (χ3n) is 3.59. The molecule has 118 valence electrons. The molecule has 2 atom stereocenters. The topological polar surface area (TPSA) is 89.7 Å². The van der Waals surface area contributed by atoms with Crippen LogP contribution in [0.15, 0.2) is 14.7 Å². The van der Waals surface area contributed by atoms with Crippen molar-refractivity contribution in [3.63, 3.8) is 0 Å². The zero-order valence-electron chi connectivity index (χ0n) is 11.7. The second-order valence-electron chi connectivity index (χ2n) is 5.01. The summed E-state index contributed by atoms with van der Waals surface area (Å²) in [4.78, 5) is 11.9. The summed E-state index contributed by atoms with van der Waals surface area (Å²) in [6.07, 6.45) is 0.752. The number of carbonyl (C=O) groups excluding carboxylic acids is 1. The van der Waals surface area contributed by atoms with Gasteiger partial charge in [-0.1, -0.05) is 0 Å². The van der Waals surface area contributed by atoms with Crippen molar-refractivity contribution >= 4 is 43.3 Å². The van der Waals surface area contributed by atoms with Gasteiger partial charge >= 0.3 is 5.97 Å². The number of hydrogen-bond acceptors (Lipinski definition) is 6. The summed E-state index contributed by atoms with van der Waals surface area (Å²) in [5.41, 5.74) is 5.84. The molecule has 0 aromatic carbocycles. The van der Waals surface area contributed by atoms with Crippen LogP contribution in [0.25, 0.3) is 0 Å². The molecule has 1 aliphatic rings. The third kappa shape index (κ3) is 3.31. The minimum Gasteiger partial charge on any atom is -0.465 e. The molecule has 2 unspecified atom stereocenters. The highest BCUT2D eigenvalue weighted by Crippen LogP contribution is 2.35. The van der Waals surface area contributed by atoms with Crippen molar-refractivity contribution in [2.24, 2.45) is 11.7 Å². The van der Waals surface area contributed by atoms with Gasteiger partial charge in [0, 0.05) is 19.1 Å². The molecule has 9 heteroatoms. The normalized spacial score (nSPS) is 21.4. The van der Waals surface area contributed by atoms with Crippen LogP contribution in [-0.2, 0) is 14.8 Å². The fourth-order valence-electron chi connectivity index (χ4n) is 2.27. The van der Waals surface area contributed by atoms with Crippen LogP contribution in [0.1, 0.15) is 23.0 Å². The molecule has 0 bridgehead atoms. The molecule has 0 spiro atoms. The van der Waals surface area contributed by atoms with Gasteiger partial charge in [0.1, 0.15) is 9.77 Å². The van der Waals surface area contributed by atoms with Crippen molar-refractivity contribution in [1.29, 1.82) is 0 Å². The van der Waals surface area contributed by atoms with E-state index in [1.54, 1.807) is 0 Å². The van der Waals surface area contributed by atoms with Crippen LogP contribution < -0.4 is 5.73 Å². The van der Waals surface area contributed by atoms with Gasteiger partial charge < -0.3 is 10.5 Å². The average Bonchev–Trinajstić information content (AvgIpc) is 3.04. The first-order valence-electron chi connectivity index (χ1n) is 6.40. The quantitative estimate of drug-likeness (QED) is 0.781. The van der Waals surface area contributed by atoms with E-state index in [0.717, 1.165) is 17.8 Å². The summed E-state index contributed by atoms with van der Waals surface area (Å²) in [6.45, 7) is 2.75. The molecule has 1 aromatic rings. The van der Waals surface area contributed by atoms with E-state index in [-0.39, 0.29) is 21.7 Å². The smallest absolute Gasteiger partial charge is 0.348 e. The first kappa shape index (κ1) is 16.9. The predicted octanol–water partition coefficient (Wildman–Crippen LogP) is 1.66. The number of nitrogens with zero attached hydrogens (tertiary/aromatic N) is 1. The number of carbonyl (C=O) groups is 1. The molecule has 0 saturated carbocycles. The summed E-state index contributed by atoms with van der Waals surface area (Å²) in [5, 5.41) is 0. The monoisotopic (exact) mass is 396 g/mol. The zero-order valence-corrected chi connectivity index (χ0v) is 14.9. The maximum absolute atomic E-state index is 12.7. The summed E-state index contributed by atoms with van der Waals surface area (Å²) in [6, 6.07) is 1.32. The SMILES string of the molecule is COC(=O)c1cc(S(=O)(=O)N2CCC(C(C)N)C2)c(Br)s1. The average molecular weight is 397 g/mol. The second kappa shape index (κ2) is 6.33. The van der Waals surface area contributed by atoms with Crippen molar-refractivity contribution in [3.05, 3.63) is 14.7 Å². The van der Waals surface area contributed by atoms with Crippen LogP contribution in [0.2, 0.25) is 0 Å². The highest BCUT2D eigenvalue weighted by molar-refractivity contribution is 9.11. The molecule has 0 aliphatic carbocycles. The first-order chi connectivity index (χ1) is 9.77. The van der Waals surface area contributed by atoms with E-state index >= 15 is 0 Å². The van der Waals surface area contributed by atoms with Gasteiger partial charge in [0.15, 0.2) is 0 Å². The Hall–Kier alpha value is -0.480. The molecule has 2 heterocycles. The maximum atomic E-state index is 12.7. The molecule has 1 aliphatic heterocycles. The molecular formula is C12H17BrN2O4S2. The number of esters is 1. The van der Waals surface area contributed by atoms with Gasteiger partial charge in [-0.05, 0) is 41.3 Å².